The van der Waals surface area contributed by atoms with Crippen molar-refractivity contribution < 1.29 is 14.3 Å². The number of carbonyl (C=O) groups is 2. The Morgan fingerprint density at radius 2 is 2.06 bits per heavy atom. The Morgan fingerprint density at radius 3 is 2.67 bits per heavy atom. The van der Waals surface area contributed by atoms with E-state index in [1.807, 2.05) is 24.3 Å². The SMILES string of the molecule is COC(=O)C1CCCC(=O)N1c1ccc(I)cc1. The average Bonchev–Trinajstić information content (AvgIpc) is 2.39. The molecule has 1 aromatic rings. The third kappa shape index (κ3) is 2.66. The van der Waals surface area contributed by atoms with Gasteiger partial charge in [0.25, 0.3) is 0 Å². The molecule has 0 aliphatic carbocycles. The lowest BCUT2D eigenvalue weighted by molar-refractivity contribution is -0.144. The van der Waals surface area contributed by atoms with Gasteiger partial charge in [-0.05, 0) is 59.7 Å². The first-order valence-electron chi connectivity index (χ1n) is 5.79. The van der Waals surface area contributed by atoms with E-state index in [0.29, 0.717) is 12.8 Å². The molecule has 0 bridgehead atoms. The molecule has 1 saturated heterocycles. The first kappa shape index (κ1) is 13.3. The highest BCUT2D eigenvalue weighted by molar-refractivity contribution is 14.1. The van der Waals surface area contributed by atoms with Gasteiger partial charge in [-0.1, -0.05) is 0 Å². The number of methoxy groups -OCH3 is 1. The van der Waals surface area contributed by atoms with Gasteiger partial charge >= 0.3 is 5.97 Å². The lowest BCUT2D eigenvalue weighted by atomic mass is 10.0. The van der Waals surface area contributed by atoms with Crippen molar-refractivity contribution in [2.45, 2.75) is 25.3 Å². The van der Waals surface area contributed by atoms with E-state index < -0.39 is 6.04 Å². The lowest BCUT2D eigenvalue weighted by Crippen LogP contribution is -2.48. The summed E-state index contributed by atoms with van der Waals surface area (Å²) in [4.78, 5) is 25.3. The van der Waals surface area contributed by atoms with E-state index >= 15 is 0 Å². The van der Waals surface area contributed by atoms with Gasteiger partial charge in [0.2, 0.25) is 5.91 Å². The summed E-state index contributed by atoms with van der Waals surface area (Å²) in [7, 11) is 1.35. The standard InChI is InChI=1S/C13H14INO3/c1-18-13(17)11-3-2-4-12(16)15(11)10-7-5-9(14)6-8-10/h5-8,11H,2-4H2,1H3. The smallest absolute Gasteiger partial charge is 0.328 e. The molecule has 1 aliphatic heterocycles. The molecule has 2 rings (SSSR count). The van der Waals surface area contributed by atoms with Crippen LogP contribution in [0.3, 0.4) is 0 Å². The predicted octanol–water partition coefficient (Wildman–Crippen LogP) is 2.35. The Bertz CT molecular complexity index is 458. The molecule has 1 unspecified atom stereocenters. The molecule has 1 aliphatic rings. The number of halogens is 1. The van der Waals surface area contributed by atoms with Gasteiger partial charge in [-0.3, -0.25) is 9.69 Å². The van der Waals surface area contributed by atoms with E-state index in [9.17, 15) is 9.59 Å². The fraction of sp³-hybridized carbons (Fsp3) is 0.385. The van der Waals surface area contributed by atoms with Gasteiger partial charge in [0.1, 0.15) is 6.04 Å². The van der Waals surface area contributed by atoms with Crippen molar-refractivity contribution in [3.05, 3.63) is 27.8 Å². The van der Waals surface area contributed by atoms with Crippen molar-refractivity contribution in [1.82, 2.24) is 0 Å². The minimum Gasteiger partial charge on any atom is -0.467 e. The molecule has 0 aromatic heterocycles. The second-order valence-corrected chi connectivity index (χ2v) is 5.42. The Labute approximate surface area is 119 Å². The summed E-state index contributed by atoms with van der Waals surface area (Å²) in [5.41, 5.74) is 0.760. The van der Waals surface area contributed by atoms with Crippen molar-refractivity contribution in [2.24, 2.45) is 0 Å². The molecule has 1 amide bonds. The van der Waals surface area contributed by atoms with Crippen molar-refractivity contribution in [3.63, 3.8) is 0 Å². The molecule has 1 aromatic carbocycles. The molecule has 18 heavy (non-hydrogen) atoms. The molecule has 1 fully saturated rings. The van der Waals surface area contributed by atoms with Crippen LogP contribution < -0.4 is 4.90 Å². The Hall–Kier alpha value is -1.11. The maximum Gasteiger partial charge on any atom is 0.328 e. The van der Waals surface area contributed by atoms with Crippen molar-refractivity contribution in [1.29, 1.82) is 0 Å². The number of hydrogen-bond acceptors (Lipinski definition) is 3. The van der Waals surface area contributed by atoms with Crippen LogP contribution in [0.2, 0.25) is 0 Å². The molecular formula is C13H14INO3. The van der Waals surface area contributed by atoms with E-state index in [1.54, 1.807) is 4.90 Å². The van der Waals surface area contributed by atoms with E-state index in [0.717, 1.165) is 15.7 Å². The summed E-state index contributed by atoms with van der Waals surface area (Å²) in [6.07, 6.45) is 1.88. The van der Waals surface area contributed by atoms with Crippen LogP contribution in [0.5, 0.6) is 0 Å². The maximum atomic E-state index is 12.0. The number of hydrogen-bond donors (Lipinski definition) is 0. The molecule has 0 spiro atoms. The number of nitrogens with zero attached hydrogens (tertiary/aromatic N) is 1. The van der Waals surface area contributed by atoms with E-state index in [-0.39, 0.29) is 11.9 Å². The maximum absolute atomic E-state index is 12.0. The molecule has 5 heteroatoms. The summed E-state index contributed by atoms with van der Waals surface area (Å²) < 4.78 is 5.87. The first-order valence-corrected chi connectivity index (χ1v) is 6.87. The largest absolute Gasteiger partial charge is 0.467 e. The topological polar surface area (TPSA) is 46.6 Å². The number of esters is 1. The molecule has 0 saturated carbocycles. The lowest BCUT2D eigenvalue weighted by Gasteiger charge is -2.33. The van der Waals surface area contributed by atoms with Gasteiger partial charge in [-0.15, -0.1) is 0 Å². The highest BCUT2D eigenvalue weighted by Crippen LogP contribution is 2.27. The number of benzene rings is 1. The fourth-order valence-electron chi connectivity index (χ4n) is 2.15. The third-order valence-electron chi connectivity index (χ3n) is 3.03. The molecule has 1 atom stereocenters. The van der Waals surface area contributed by atoms with E-state index in [2.05, 4.69) is 22.6 Å². The monoisotopic (exact) mass is 359 g/mol. The zero-order valence-corrected chi connectivity index (χ0v) is 12.2. The van der Waals surface area contributed by atoms with Crippen LogP contribution >= 0.6 is 22.6 Å². The number of piperidine rings is 1. The van der Waals surface area contributed by atoms with Crippen LogP contribution in [-0.4, -0.2) is 25.0 Å². The van der Waals surface area contributed by atoms with Crippen molar-refractivity contribution in [2.75, 3.05) is 12.0 Å². The fourth-order valence-corrected chi connectivity index (χ4v) is 2.51. The zero-order chi connectivity index (χ0) is 13.1. The summed E-state index contributed by atoms with van der Waals surface area (Å²) in [5, 5.41) is 0. The Kier molecular flexibility index (Phi) is 4.21. The summed E-state index contributed by atoms with van der Waals surface area (Å²) in [5.74, 6) is -0.362. The minimum atomic E-state index is -0.490. The quantitative estimate of drug-likeness (QED) is 0.602. The van der Waals surface area contributed by atoms with Crippen molar-refractivity contribution >= 4 is 40.2 Å². The number of anilines is 1. The number of rotatable bonds is 2. The molecule has 1 heterocycles. The molecule has 0 N–H and O–H groups in total. The molecule has 96 valence electrons. The number of amides is 1. The number of ether oxygens (including phenoxy) is 1. The van der Waals surface area contributed by atoms with Gasteiger partial charge in [0.05, 0.1) is 7.11 Å². The Balaban J connectivity index is 2.32. The molecular weight excluding hydrogens is 345 g/mol. The molecule has 4 nitrogen and oxygen atoms in total. The van der Waals surface area contributed by atoms with E-state index in [1.165, 1.54) is 7.11 Å². The first-order chi connectivity index (χ1) is 8.63. The van der Waals surface area contributed by atoms with Crippen molar-refractivity contribution in [3.8, 4) is 0 Å². The van der Waals surface area contributed by atoms with Crippen LogP contribution in [0.25, 0.3) is 0 Å². The van der Waals surface area contributed by atoms with Crippen LogP contribution in [0.4, 0.5) is 5.69 Å². The second-order valence-electron chi connectivity index (χ2n) is 4.17. The normalized spacial score (nSPS) is 19.8. The van der Waals surface area contributed by atoms with Crippen LogP contribution in [0, 0.1) is 3.57 Å². The van der Waals surface area contributed by atoms with Gasteiger partial charge in [0.15, 0.2) is 0 Å². The summed E-state index contributed by atoms with van der Waals surface area (Å²) >= 11 is 2.20. The third-order valence-corrected chi connectivity index (χ3v) is 3.75. The van der Waals surface area contributed by atoms with Gasteiger partial charge < -0.3 is 4.74 Å². The van der Waals surface area contributed by atoms with Crippen LogP contribution in [0.15, 0.2) is 24.3 Å². The zero-order valence-electron chi connectivity index (χ0n) is 10.1. The van der Waals surface area contributed by atoms with Crippen LogP contribution in [-0.2, 0) is 14.3 Å². The van der Waals surface area contributed by atoms with Gasteiger partial charge in [-0.2, -0.15) is 0 Å². The van der Waals surface area contributed by atoms with Crippen LogP contribution in [0.1, 0.15) is 19.3 Å². The minimum absolute atomic E-state index is 0.0159. The van der Waals surface area contributed by atoms with E-state index in [4.69, 9.17) is 4.74 Å². The summed E-state index contributed by atoms with van der Waals surface area (Å²) in [6, 6.07) is 7.08. The van der Waals surface area contributed by atoms with Gasteiger partial charge in [0, 0.05) is 15.7 Å². The summed E-state index contributed by atoms with van der Waals surface area (Å²) in [6.45, 7) is 0. The number of carbonyl (C=O) groups excluding carboxylic acids is 2. The second kappa shape index (κ2) is 5.69. The highest BCUT2D eigenvalue weighted by atomic mass is 127. The average molecular weight is 359 g/mol. The Morgan fingerprint density at radius 1 is 1.39 bits per heavy atom. The molecule has 0 radical (unpaired) electrons. The van der Waals surface area contributed by atoms with Gasteiger partial charge in [-0.25, -0.2) is 4.79 Å². The highest BCUT2D eigenvalue weighted by Gasteiger charge is 2.34. The predicted molar refractivity (Wildman–Crippen MR) is 76.3 cm³/mol.